The standard InChI is InChI=1S/C26H54NO7P/c1-6-8-9-10-11-12-13-14-15-16-17-18-19-20-21-25(24-32-26(28)31-7-2)34-35(29,30)33-23-22-27(3,4)5/h25H,6-24H2,1-5H3. The molecule has 0 fully saturated rings. The molecule has 2 atom stereocenters. The zero-order valence-electron chi connectivity index (χ0n) is 23.3. The van der Waals surface area contributed by atoms with Gasteiger partial charge in [-0.3, -0.25) is 4.57 Å². The molecule has 0 aromatic heterocycles. The number of phosphoric ester groups is 1. The summed E-state index contributed by atoms with van der Waals surface area (Å²) in [6, 6.07) is 0. The summed E-state index contributed by atoms with van der Waals surface area (Å²) in [5.74, 6) is 0. The van der Waals surface area contributed by atoms with E-state index in [0.717, 1.165) is 19.3 Å². The van der Waals surface area contributed by atoms with Gasteiger partial charge in [-0.15, -0.1) is 0 Å². The summed E-state index contributed by atoms with van der Waals surface area (Å²) >= 11 is 0. The minimum Gasteiger partial charge on any atom is -0.756 e. The van der Waals surface area contributed by atoms with Crippen LogP contribution in [0.5, 0.6) is 0 Å². The molecule has 0 aliphatic carbocycles. The minimum absolute atomic E-state index is 0.0363. The van der Waals surface area contributed by atoms with Crippen LogP contribution >= 0.6 is 7.82 Å². The number of likely N-dealkylation sites (N-methyl/N-ethyl adjacent to an activating group) is 1. The molecule has 0 aromatic carbocycles. The molecule has 0 saturated carbocycles. The van der Waals surface area contributed by atoms with Gasteiger partial charge in [0.15, 0.2) is 0 Å². The number of carbonyl (C=O) groups excluding carboxylic acids is 1. The second-order valence-corrected chi connectivity index (χ2v) is 11.8. The molecule has 0 aliphatic rings. The highest BCUT2D eigenvalue weighted by Gasteiger charge is 2.21. The van der Waals surface area contributed by atoms with Crippen LogP contribution in [0.4, 0.5) is 4.79 Å². The quantitative estimate of drug-likeness (QED) is 0.0608. The van der Waals surface area contributed by atoms with Crippen molar-refractivity contribution >= 4 is 14.0 Å². The smallest absolute Gasteiger partial charge is 0.508 e. The number of rotatable bonds is 24. The fourth-order valence-corrected chi connectivity index (χ4v) is 4.59. The third-order valence-electron chi connectivity index (χ3n) is 5.82. The van der Waals surface area contributed by atoms with Crippen molar-refractivity contribution in [3.8, 4) is 0 Å². The fraction of sp³-hybridized carbons (Fsp3) is 0.962. The lowest BCUT2D eigenvalue weighted by Crippen LogP contribution is -2.37. The topological polar surface area (TPSA) is 94.1 Å². The predicted octanol–water partition coefficient (Wildman–Crippen LogP) is 6.61. The van der Waals surface area contributed by atoms with Crippen LogP contribution in [0.3, 0.4) is 0 Å². The van der Waals surface area contributed by atoms with Crippen molar-refractivity contribution in [3.05, 3.63) is 0 Å². The van der Waals surface area contributed by atoms with Gasteiger partial charge < -0.3 is 27.9 Å². The molecule has 8 nitrogen and oxygen atoms in total. The van der Waals surface area contributed by atoms with Crippen molar-refractivity contribution in [3.63, 3.8) is 0 Å². The first-order chi connectivity index (χ1) is 16.6. The van der Waals surface area contributed by atoms with Crippen LogP contribution in [0.1, 0.15) is 110 Å². The highest BCUT2D eigenvalue weighted by atomic mass is 31.2. The molecular weight excluding hydrogens is 469 g/mol. The molecule has 2 unspecified atom stereocenters. The minimum atomic E-state index is -4.49. The Balaban J connectivity index is 4.11. The van der Waals surface area contributed by atoms with E-state index in [4.69, 9.17) is 18.5 Å². The van der Waals surface area contributed by atoms with E-state index in [0.29, 0.717) is 17.4 Å². The van der Waals surface area contributed by atoms with E-state index in [2.05, 4.69) is 6.92 Å². The summed E-state index contributed by atoms with van der Waals surface area (Å²) in [4.78, 5) is 23.8. The third-order valence-corrected chi connectivity index (χ3v) is 6.87. The van der Waals surface area contributed by atoms with Crippen LogP contribution in [-0.4, -0.2) is 64.3 Å². The number of hydrogen-bond donors (Lipinski definition) is 0. The Morgan fingerprint density at radius 2 is 1.29 bits per heavy atom. The van der Waals surface area contributed by atoms with E-state index in [1.165, 1.54) is 70.6 Å². The van der Waals surface area contributed by atoms with Gasteiger partial charge in [0.25, 0.3) is 7.82 Å². The SMILES string of the molecule is CCCCCCCCCCCCCCCCC(COC(=O)OCC)OP(=O)([O-])OCC[N+](C)(C)C. The van der Waals surface area contributed by atoms with Gasteiger partial charge >= 0.3 is 6.16 Å². The molecule has 0 bridgehead atoms. The maximum Gasteiger partial charge on any atom is 0.508 e. The van der Waals surface area contributed by atoms with Crippen molar-refractivity contribution in [2.75, 3.05) is 47.5 Å². The molecule has 35 heavy (non-hydrogen) atoms. The molecular formula is C26H54NO7P. The molecule has 0 N–H and O–H groups in total. The zero-order chi connectivity index (χ0) is 26.4. The maximum atomic E-state index is 12.2. The van der Waals surface area contributed by atoms with Crippen LogP contribution in [-0.2, 0) is 23.1 Å². The van der Waals surface area contributed by atoms with Crippen LogP contribution in [0.25, 0.3) is 0 Å². The van der Waals surface area contributed by atoms with Crippen molar-refractivity contribution in [2.24, 2.45) is 0 Å². The van der Waals surface area contributed by atoms with E-state index >= 15 is 0 Å². The van der Waals surface area contributed by atoms with Gasteiger partial charge in [-0.05, 0) is 13.3 Å². The highest BCUT2D eigenvalue weighted by Crippen LogP contribution is 2.40. The van der Waals surface area contributed by atoms with E-state index in [-0.39, 0.29) is 19.8 Å². The Labute approximate surface area is 215 Å². The fourth-order valence-electron chi connectivity index (χ4n) is 3.69. The molecule has 9 heteroatoms. The summed E-state index contributed by atoms with van der Waals surface area (Å²) < 4.78 is 32.8. The first kappa shape index (κ1) is 34.3. The number of unbranched alkanes of at least 4 members (excludes halogenated alkanes) is 13. The number of phosphoric acid groups is 1. The molecule has 0 spiro atoms. The highest BCUT2D eigenvalue weighted by molar-refractivity contribution is 7.45. The van der Waals surface area contributed by atoms with E-state index in [9.17, 15) is 14.3 Å². The second-order valence-electron chi connectivity index (χ2n) is 10.4. The molecule has 0 aromatic rings. The van der Waals surface area contributed by atoms with E-state index < -0.39 is 20.1 Å². The van der Waals surface area contributed by atoms with Gasteiger partial charge in [0.05, 0.1) is 27.7 Å². The van der Waals surface area contributed by atoms with E-state index in [1.54, 1.807) is 6.92 Å². The first-order valence-electron chi connectivity index (χ1n) is 13.8. The Morgan fingerprint density at radius 3 is 1.74 bits per heavy atom. The molecule has 0 rings (SSSR count). The summed E-state index contributed by atoms with van der Waals surface area (Å²) in [5, 5.41) is 0. The number of quaternary nitrogens is 1. The van der Waals surface area contributed by atoms with Gasteiger partial charge in [0, 0.05) is 0 Å². The molecule has 0 heterocycles. The number of ether oxygens (including phenoxy) is 2. The Bertz CT molecular complexity index is 554. The van der Waals surface area contributed by atoms with Crippen LogP contribution in [0.15, 0.2) is 0 Å². The molecule has 0 saturated heterocycles. The zero-order valence-corrected chi connectivity index (χ0v) is 24.2. The maximum absolute atomic E-state index is 12.2. The summed E-state index contributed by atoms with van der Waals surface area (Å²) in [6.07, 6.45) is 16.3. The Morgan fingerprint density at radius 1 is 0.800 bits per heavy atom. The van der Waals surface area contributed by atoms with Gasteiger partial charge in [-0.2, -0.15) is 0 Å². The molecule has 0 radical (unpaired) electrons. The number of nitrogens with zero attached hydrogens (tertiary/aromatic N) is 1. The van der Waals surface area contributed by atoms with Gasteiger partial charge in [0.2, 0.25) is 0 Å². The van der Waals surface area contributed by atoms with Gasteiger partial charge in [-0.25, -0.2) is 4.79 Å². The molecule has 0 aliphatic heterocycles. The van der Waals surface area contributed by atoms with Crippen molar-refractivity contribution in [1.29, 1.82) is 0 Å². The summed E-state index contributed by atoms with van der Waals surface area (Å²) in [7, 11) is 1.36. The van der Waals surface area contributed by atoms with Crippen LogP contribution in [0.2, 0.25) is 0 Å². The lowest BCUT2D eigenvalue weighted by Gasteiger charge is -2.30. The number of hydrogen-bond acceptors (Lipinski definition) is 7. The average Bonchev–Trinajstić information content (AvgIpc) is 2.76. The molecule has 210 valence electrons. The van der Waals surface area contributed by atoms with Crippen molar-refractivity contribution in [2.45, 2.75) is 116 Å². The van der Waals surface area contributed by atoms with Crippen molar-refractivity contribution in [1.82, 2.24) is 0 Å². The lowest BCUT2D eigenvalue weighted by atomic mass is 10.0. The largest absolute Gasteiger partial charge is 0.756 e. The normalized spacial score (nSPS) is 14.5. The average molecular weight is 524 g/mol. The van der Waals surface area contributed by atoms with Crippen molar-refractivity contribution < 1.29 is 37.3 Å². The van der Waals surface area contributed by atoms with Crippen LogP contribution in [0, 0.1) is 0 Å². The van der Waals surface area contributed by atoms with E-state index in [1.807, 2.05) is 21.1 Å². The monoisotopic (exact) mass is 523 g/mol. The molecule has 0 amide bonds. The Kier molecular flexibility index (Phi) is 21.0. The summed E-state index contributed by atoms with van der Waals surface area (Å²) in [6.45, 7) is 4.51. The second kappa shape index (κ2) is 21.4. The lowest BCUT2D eigenvalue weighted by molar-refractivity contribution is -0.870. The predicted molar refractivity (Wildman–Crippen MR) is 139 cm³/mol. The Hall–Kier alpha value is -0.660. The van der Waals surface area contributed by atoms with Gasteiger partial charge in [0.1, 0.15) is 25.9 Å². The third kappa shape index (κ3) is 24.8. The summed E-state index contributed by atoms with van der Waals surface area (Å²) in [5.41, 5.74) is 0. The van der Waals surface area contributed by atoms with Gasteiger partial charge in [-0.1, -0.05) is 96.8 Å². The van der Waals surface area contributed by atoms with Crippen LogP contribution < -0.4 is 4.89 Å². The number of carbonyl (C=O) groups is 1. The first-order valence-corrected chi connectivity index (χ1v) is 15.3.